The third kappa shape index (κ3) is 4.08. The summed E-state index contributed by atoms with van der Waals surface area (Å²) in [4.78, 5) is 29.6. The predicted octanol–water partition coefficient (Wildman–Crippen LogP) is 2.18. The number of aryl methyl sites for hydroxylation is 1. The molecule has 3 rings (SSSR count). The van der Waals surface area contributed by atoms with Gasteiger partial charge in [-0.15, -0.1) is 0 Å². The molecule has 0 unspecified atom stereocenters. The lowest BCUT2D eigenvalue weighted by Crippen LogP contribution is -2.31. The van der Waals surface area contributed by atoms with Crippen molar-refractivity contribution >= 4 is 5.91 Å². The lowest BCUT2D eigenvalue weighted by molar-refractivity contribution is 0.0928. The third-order valence-electron chi connectivity index (χ3n) is 3.88. The van der Waals surface area contributed by atoms with Crippen molar-refractivity contribution in [2.24, 2.45) is 13.0 Å². The number of rotatable bonds is 6. The van der Waals surface area contributed by atoms with Crippen molar-refractivity contribution in [3.05, 3.63) is 54.5 Å². The molecule has 1 atom stereocenters. The van der Waals surface area contributed by atoms with Crippen molar-refractivity contribution in [2.75, 3.05) is 0 Å². The van der Waals surface area contributed by atoms with Gasteiger partial charge in [-0.3, -0.25) is 14.5 Å². The molecule has 3 aromatic rings. The molecule has 0 aliphatic heterocycles. The van der Waals surface area contributed by atoms with Crippen LogP contribution < -0.4 is 5.32 Å². The highest BCUT2D eigenvalue weighted by Gasteiger charge is 2.21. The number of carbonyl (C=O) groups excluding carboxylic acids is 1. The van der Waals surface area contributed by atoms with Crippen LogP contribution in [0.3, 0.4) is 0 Å². The number of hydrogen-bond donors (Lipinski definition) is 1. The molecule has 0 aliphatic carbocycles. The molecule has 26 heavy (non-hydrogen) atoms. The Labute approximate surface area is 151 Å². The lowest BCUT2D eigenvalue weighted by atomic mass is 10.0. The summed E-state index contributed by atoms with van der Waals surface area (Å²) in [5.74, 6) is 1.35. The zero-order valence-electron chi connectivity index (χ0n) is 15.0. The minimum atomic E-state index is -0.244. The molecule has 134 valence electrons. The fourth-order valence-corrected chi connectivity index (χ4v) is 2.64. The zero-order chi connectivity index (χ0) is 18.5. The summed E-state index contributed by atoms with van der Waals surface area (Å²) in [6.07, 6.45) is 6.94. The predicted molar refractivity (Wildman–Crippen MR) is 95.9 cm³/mol. The van der Waals surface area contributed by atoms with Crippen LogP contribution >= 0.6 is 0 Å². The van der Waals surface area contributed by atoms with E-state index in [0.29, 0.717) is 23.0 Å². The highest BCUT2D eigenvalue weighted by atomic mass is 16.1. The van der Waals surface area contributed by atoms with Gasteiger partial charge < -0.3 is 5.32 Å². The van der Waals surface area contributed by atoms with E-state index in [9.17, 15) is 4.79 Å². The molecular formula is C18H21N7O. The molecule has 0 aliphatic rings. The Balaban J connectivity index is 1.76. The average Bonchev–Trinajstić information content (AvgIpc) is 3.07. The summed E-state index contributed by atoms with van der Waals surface area (Å²) < 4.78 is 1.67. The first kappa shape index (κ1) is 17.7. The van der Waals surface area contributed by atoms with Crippen LogP contribution in [-0.2, 0) is 7.05 Å². The number of nitrogens with one attached hydrogen (secondary N) is 1. The second kappa shape index (κ2) is 7.81. The van der Waals surface area contributed by atoms with Gasteiger partial charge in [-0.2, -0.15) is 5.10 Å². The van der Waals surface area contributed by atoms with Crippen molar-refractivity contribution in [1.82, 2.24) is 35.0 Å². The summed E-state index contributed by atoms with van der Waals surface area (Å²) in [7, 11) is 1.81. The first-order valence-electron chi connectivity index (χ1n) is 8.42. The normalized spacial score (nSPS) is 12.2. The fraction of sp³-hybridized carbons (Fsp3) is 0.333. The summed E-state index contributed by atoms with van der Waals surface area (Å²) in [6, 6.07) is 5.28. The van der Waals surface area contributed by atoms with Crippen LogP contribution in [0.2, 0.25) is 0 Å². The summed E-state index contributed by atoms with van der Waals surface area (Å²) in [6.45, 7) is 4.20. The van der Waals surface area contributed by atoms with Gasteiger partial charge >= 0.3 is 0 Å². The maximum Gasteiger partial charge on any atom is 0.255 e. The number of carbonyl (C=O) groups is 1. The highest BCUT2D eigenvalue weighted by molar-refractivity contribution is 5.93. The van der Waals surface area contributed by atoms with Crippen LogP contribution in [0.4, 0.5) is 0 Å². The van der Waals surface area contributed by atoms with Crippen LogP contribution in [0.1, 0.15) is 42.5 Å². The standard InChI is InChI=1S/C18H21N7O/c1-12(2)8-15(17-22-11-23-25(17)3)24-18(26)13-9-20-16(21-10-13)14-6-4-5-7-19-14/h4-7,9-12,15H,8H2,1-3H3,(H,24,26)/t15-/m1/s1. The Hall–Kier alpha value is -3.16. The fourth-order valence-electron chi connectivity index (χ4n) is 2.64. The van der Waals surface area contributed by atoms with Gasteiger partial charge in [0.2, 0.25) is 0 Å². The van der Waals surface area contributed by atoms with Gasteiger partial charge in [0.1, 0.15) is 17.8 Å². The second-order valence-electron chi connectivity index (χ2n) is 6.41. The average molecular weight is 351 g/mol. The van der Waals surface area contributed by atoms with Gasteiger partial charge in [0.15, 0.2) is 5.82 Å². The molecule has 0 fully saturated rings. The summed E-state index contributed by atoms with van der Waals surface area (Å²) in [5.41, 5.74) is 1.05. The molecular weight excluding hydrogens is 330 g/mol. The minimum absolute atomic E-state index is 0.231. The molecule has 0 radical (unpaired) electrons. The van der Waals surface area contributed by atoms with Crippen molar-refractivity contribution in [1.29, 1.82) is 0 Å². The van der Waals surface area contributed by atoms with E-state index in [-0.39, 0.29) is 11.9 Å². The number of amides is 1. The first-order valence-corrected chi connectivity index (χ1v) is 8.42. The maximum absolute atomic E-state index is 12.6. The molecule has 8 nitrogen and oxygen atoms in total. The summed E-state index contributed by atoms with van der Waals surface area (Å²) >= 11 is 0. The smallest absolute Gasteiger partial charge is 0.255 e. The molecule has 1 N–H and O–H groups in total. The molecule has 0 saturated heterocycles. The molecule has 0 saturated carbocycles. The molecule has 8 heteroatoms. The van der Waals surface area contributed by atoms with E-state index in [1.54, 1.807) is 10.9 Å². The van der Waals surface area contributed by atoms with E-state index in [1.165, 1.54) is 18.7 Å². The SMILES string of the molecule is CC(C)C[C@@H](NC(=O)c1cnc(-c2ccccn2)nc1)c1ncnn1C. The Bertz CT molecular complexity index is 859. The number of pyridine rings is 1. The lowest BCUT2D eigenvalue weighted by Gasteiger charge is -2.19. The van der Waals surface area contributed by atoms with Crippen molar-refractivity contribution < 1.29 is 4.79 Å². The molecule has 0 spiro atoms. The van der Waals surface area contributed by atoms with Crippen LogP contribution in [0.5, 0.6) is 0 Å². The number of aromatic nitrogens is 6. The first-order chi connectivity index (χ1) is 12.5. The van der Waals surface area contributed by atoms with E-state index in [4.69, 9.17) is 0 Å². The van der Waals surface area contributed by atoms with Crippen LogP contribution in [-0.4, -0.2) is 35.6 Å². The van der Waals surface area contributed by atoms with E-state index in [0.717, 1.165) is 12.2 Å². The minimum Gasteiger partial charge on any atom is -0.342 e. The van der Waals surface area contributed by atoms with E-state index < -0.39 is 0 Å². The maximum atomic E-state index is 12.6. The van der Waals surface area contributed by atoms with Crippen molar-refractivity contribution in [3.63, 3.8) is 0 Å². The zero-order valence-corrected chi connectivity index (χ0v) is 15.0. The Morgan fingerprint density at radius 3 is 2.50 bits per heavy atom. The van der Waals surface area contributed by atoms with E-state index >= 15 is 0 Å². The molecule has 3 aromatic heterocycles. The largest absolute Gasteiger partial charge is 0.342 e. The van der Waals surface area contributed by atoms with Gasteiger partial charge in [0.25, 0.3) is 5.91 Å². The second-order valence-corrected chi connectivity index (χ2v) is 6.41. The Morgan fingerprint density at radius 2 is 1.92 bits per heavy atom. The van der Waals surface area contributed by atoms with Crippen molar-refractivity contribution in [2.45, 2.75) is 26.3 Å². The van der Waals surface area contributed by atoms with Crippen LogP contribution in [0, 0.1) is 5.92 Å². The Kier molecular flexibility index (Phi) is 5.31. The van der Waals surface area contributed by atoms with Crippen molar-refractivity contribution in [3.8, 4) is 11.5 Å². The van der Waals surface area contributed by atoms with Crippen LogP contribution in [0.15, 0.2) is 43.1 Å². The Morgan fingerprint density at radius 1 is 1.15 bits per heavy atom. The van der Waals surface area contributed by atoms with Crippen LogP contribution in [0.25, 0.3) is 11.5 Å². The topological polar surface area (TPSA) is 98.5 Å². The number of nitrogens with zero attached hydrogens (tertiary/aromatic N) is 6. The van der Waals surface area contributed by atoms with Gasteiger partial charge in [-0.05, 0) is 24.5 Å². The van der Waals surface area contributed by atoms with E-state index in [1.807, 2.05) is 25.2 Å². The van der Waals surface area contributed by atoms with Gasteiger partial charge in [0, 0.05) is 25.6 Å². The molecule has 3 heterocycles. The van der Waals surface area contributed by atoms with E-state index in [2.05, 4.69) is 44.2 Å². The van der Waals surface area contributed by atoms with Gasteiger partial charge in [-0.25, -0.2) is 15.0 Å². The molecule has 1 amide bonds. The number of hydrogen-bond acceptors (Lipinski definition) is 6. The molecule has 0 aromatic carbocycles. The monoisotopic (exact) mass is 351 g/mol. The molecule has 0 bridgehead atoms. The third-order valence-corrected chi connectivity index (χ3v) is 3.88. The van der Waals surface area contributed by atoms with Gasteiger partial charge in [0.05, 0.1) is 11.6 Å². The quantitative estimate of drug-likeness (QED) is 0.731. The summed E-state index contributed by atoms with van der Waals surface area (Å²) in [5, 5.41) is 7.10. The highest BCUT2D eigenvalue weighted by Crippen LogP contribution is 2.19. The van der Waals surface area contributed by atoms with Gasteiger partial charge in [-0.1, -0.05) is 19.9 Å².